The molecule has 0 amide bonds. The largest absolute Gasteiger partial charge is 0.486 e. The number of hydrogen-bond donors (Lipinski definition) is 0. The second-order valence-electron chi connectivity index (χ2n) is 5.82. The number of furan rings is 1. The van der Waals surface area contributed by atoms with Gasteiger partial charge in [0.15, 0.2) is 0 Å². The summed E-state index contributed by atoms with van der Waals surface area (Å²) in [7, 11) is 0. The Morgan fingerprint density at radius 3 is 2.63 bits per heavy atom. The van der Waals surface area contributed by atoms with Gasteiger partial charge in [0.1, 0.15) is 23.9 Å². The maximum atomic E-state index is 13.0. The van der Waals surface area contributed by atoms with Crippen LogP contribution >= 0.6 is 11.8 Å². The Bertz CT molecular complexity index is 932. The second kappa shape index (κ2) is 8.34. The van der Waals surface area contributed by atoms with E-state index < -0.39 is 12.2 Å². The molecule has 2 aromatic heterocycles. The minimum absolute atomic E-state index is 0.252. The fraction of sp³-hybridized carbons (Fsp3) is 0.278. The summed E-state index contributed by atoms with van der Waals surface area (Å²) >= 11 is 1.17. The maximum absolute atomic E-state index is 13.0. The molecule has 0 saturated carbocycles. The van der Waals surface area contributed by atoms with Gasteiger partial charge in [-0.15, -0.1) is 10.2 Å². The van der Waals surface area contributed by atoms with Gasteiger partial charge >= 0.3 is 0 Å². The Balaban J connectivity index is 1.69. The predicted molar refractivity (Wildman–Crippen MR) is 98.7 cm³/mol. The zero-order chi connectivity index (χ0) is 19.4. The molecule has 6 nitrogen and oxygen atoms in total. The molecule has 0 aliphatic rings. The van der Waals surface area contributed by atoms with Crippen LogP contribution in [0.25, 0.3) is 0 Å². The fourth-order valence-corrected chi connectivity index (χ4v) is 2.91. The average Bonchev–Trinajstić information content (AvgIpc) is 3.23. The molecular weight excluding hydrogens is 374 g/mol. The molecule has 0 atom stereocenters. The van der Waals surface area contributed by atoms with E-state index in [1.807, 2.05) is 26.0 Å². The van der Waals surface area contributed by atoms with Crippen molar-refractivity contribution in [3.05, 3.63) is 58.8 Å². The van der Waals surface area contributed by atoms with Crippen LogP contribution in [0.4, 0.5) is 8.78 Å². The molecule has 2 heterocycles. The molecule has 3 rings (SSSR count). The van der Waals surface area contributed by atoms with Gasteiger partial charge in [0.25, 0.3) is 6.43 Å². The summed E-state index contributed by atoms with van der Waals surface area (Å²) in [5.41, 5.74) is 2.23. The Labute approximate surface area is 159 Å². The van der Waals surface area contributed by atoms with Gasteiger partial charge in [0.2, 0.25) is 11.0 Å². The smallest absolute Gasteiger partial charge is 0.299 e. The second-order valence-corrected chi connectivity index (χ2v) is 6.59. The Morgan fingerprint density at radius 2 is 1.96 bits per heavy atom. The quantitative estimate of drug-likeness (QED) is 0.434. The maximum Gasteiger partial charge on any atom is 0.299 e. The van der Waals surface area contributed by atoms with E-state index in [-0.39, 0.29) is 11.8 Å². The summed E-state index contributed by atoms with van der Waals surface area (Å²) < 4.78 is 38.3. The monoisotopic (exact) mass is 392 g/mol. The van der Waals surface area contributed by atoms with Crippen molar-refractivity contribution in [3.63, 3.8) is 0 Å². The first kappa shape index (κ1) is 19.1. The van der Waals surface area contributed by atoms with E-state index >= 15 is 0 Å². The summed E-state index contributed by atoms with van der Waals surface area (Å²) in [6.07, 6.45) is 0.282. The lowest BCUT2D eigenvalue weighted by molar-refractivity contribution is 0.135. The number of benzene rings is 1. The molecule has 0 radical (unpaired) electrons. The molecule has 9 heteroatoms. The topological polar surface area (TPSA) is 65.4 Å². The number of halogens is 2. The van der Waals surface area contributed by atoms with Gasteiger partial charge in [0, 0.05) is 0 Å². The van der Waals surface area contributed by atoms with E-state index in [1.54, 1.807) is 18.4 Å². The van der Waals surface area contributed by atoms with E-state index in [0.717, 1.165) is 21.6 Å². The summed E-state index contributed by atoms with van der Waals surface area (Å²) in [4.78, 5) is 0. The zero-order valence-corrected chi connectivity index (χ0v) is 15.8. The highest BCUT2D eigenvalue weighted by Gasteiger charge is 2.19. The number of alkyl halides is 2. The van der Waals surface area contributed by atoms with Crippen molar-refractivity contribution < 1.29 is 17.9 Å². The van der Waals surface area contributed by atoms with Crippen LogP contribution in [0.3, 0.4) is 0 Å². The number of rotatable bonds is 7. The molecule has 0 fully saturated rings. The van der Waals surface area contributed by atoms with Gasteiger partial charge in [-0.25, -0.2) is 8.78 Å². The van der Waals surface area contributed by atoms with Crippen molar-refractivity contribution in [3.8, 4) is 5.75 Å². The van der Waals surface area contributed by atoms with Gasteiger partial charge in [-0.05, 0) is 55.5 Å². The van der Waals surface area contributed by atoms with Crippen LogP contribution in [0.2, 0.25) is 0 Å². The first-order chi connectivity index (χ1) is 13.0. The molecule has 0 unspecified atom stereocenters. The van der Waals surface area contributed by atoms with Crippen LogP contribution in [0.1, 0.15) is 34.9 Å². The lowest BCUT2D eigenvalue weighted by Crippen LogP contribution is -2.00. The number of aryl methyl sites for hydroxylation is 2. The highest BCUT2D eigenvalue weighted by molar-refractivity contribution is 7.98. The van der Waals surface area contributed by atoms with Crippen LogP contribution in [0.15, 0.2) is 45.0 Å². The predicted octanol–water partition coefficient (Wildman–Crippen LogP) is 4.61. The van der Waals surface area contributed by atoms with E-state index in [2.05, 4.69) is 21.4 Å². The van der Waals surface area contributed by atoms with Crippen LogP contribution in [-0.2, 0) is 6.61 Å². The Kier molecular flexibility index (Phi) is 5.90. The minimum atomic E-state index is -2.77. The normalized spacial score (nSPS) is 11.6. The van der Waals surface area contributed by atoms with Crippen molar-refractivity contribution in [2.45, 2.75) is 32.0 Å². The third kappa shape index (κ3) is 4.73. The van der Waals surface area contributed by atoms with E-state index in [0.29, 0.717) is 11.5 Å². The zero-order valence-electron chi connectivity index (χ0n) is 15.0. The number of ether oxygens (including phenoxy) is 1. The highest BCUT2D eigenvalue weighted by Crippen LogP contribution is 2.22. The molecule has 1 aromatic carbocycles. The summed E-state index contributed by atoms with van der Waals surface area (Å²) in [5.74, 6) is 1.25. The molecule has 27 heavy (non-hydrogen) atoms. The molecule has 0 bridgehead atoms. The lowest BCUT2D eigenvalue weighted by Gasteiger charge is -2.06. The van der Waals surface area contributed by atoms with Gasteiger partial charge in [-0.2, -0.15) is 9.78 Å². The van der Waals surface area contributed by atoms with Crippen LogP contribution in [-0.4, -0.2) is 27.3 Å². The number of thioether (sulfide) groups is 1. The van der Waals surface area contributed by atoms with Gasteiger partial charge < -0.3 is 9.15 Å². The average molecular weight is 392 g/mol. The van der Waals surface area contributed by atoms with Crippen LogP contribution < -0.4 is 4.74 Å². The third-order valence-electron chi connectivity index (χ3n) is 3.57. The van der Waals surface area contributed by atoms with Crippen molar-refractivity contribution >= 4 is 18.0 Å². The summed E-state index contributed by atoms with van der Waals surface area (Å²) in [6, 6.07) is 9.39. The van der Waals surface area contributed by atoms with E-state index in [9.17, 15) is 8.78 Å². The molecule has 0 aliphatic heterocycles. The molecule has 142 valence electrons. The van der Waals surface area contributed by atoms with Gasteiger partial charge in [0.05, 0.1) is 6.21 Å². The Hall–Kier alpha value is -2.68. The molecule has 0 saturated heterocycles. The van der Waals surface area contributed by atoms with E-state index in [1.165, 1.54) is 18.0 Å². The molecular formula is C18H18F2N4O2S. The molecule has 3 aromatic rings. The van der Waals surface area contributed by atoms with Crippen molar-refractivity contribution in [2.75, 3.05) is 6.26 Å². The SMILES string of the molecule is CSc1nnc(C(F)F)n1/N=C\c1ccc(COc2cc(C)cc(C)c2)o1. The molecule has 0 aliphatic carbocycles. The lowest BCUT2D eigenvalue weighted by atomic mass is 10.1. The minimum Gasteiger partial charge on any atom is -0.486 e. The standard InChI is InChI=1S/C18H18F2N4O2S/c1-11-6-12(2)8-15(7-11)25-10-14-5-4-13(26-14)9-21-24-17(16(19)20)22-23-18(24)27-3/h4-9,16H,10H2,1-3H3/b21-9-. The van der Waals surface area contributed by atoms with Crippen molar-refractivity contribution in [2.24, 2.45) is 5.10 Å². The van der Waals surface area contributed by atoms with E-state index in [4.69, 9.17) is 9.15 Å². The first-order valence-corrected chi connectivity index (χ1v) is 9.30. The first-order valence-electron chi connectivity index (χ1n) is 8.08. The van der Waals surface area contributed by atoms with Gasteiger partial charge in [-0.1, -0.05) is 17.8 Å². The van der Waals surface area contributed by atoms with Gasteiger partial charge in [-0.3, -0.25) is 0 Å². The van der Waals surface area contributed by atoms with Crippen molar-refractivity contribution in [1.82, 2.24) is 14.9 Å². The third-order valence-corrected chi connectivity index (χ3v) is 4.19. The summed E-state index contributed by atoms with van der Waals surface area (Å²) in [5, 5.41) is 11.4. The van der Waals surface area contributed by atoms with Crippen LogP contribution in [0, 0.1) is 13.8 Å². The number of hydrogen-bond acceptors (Lipinski definition) is 6. The number of aromatic nitrogens is 3. The van der Waals surface area contributed by atoms with Crippen molar-refractivity contribution in [1.29, 1.82) is 0 Å². The fourth-order valence-electron chi connectivity index (χ4n) is 2.48. The summed E-state index contributed by atoms with van der Waals surface area (Å²) in [6.45, 7) is 4.26. The Morgan fingerprint density at radius 1 is 1.22 bits per heavy atom. The number of nitrogens with zero attached hydrogens (tertiary/aromatic N) is 4. The molecule has 0 spiro atoms. The molecule has 0 N–H and O–H groups in total. The van der Waals surface area contributed by atoms with Crippen LogP contribution in [0.5, 0.6) is 5.75 Å². The highest BCUT2D eigenvalue weighted by atomic mass is 32.2.